The van der Waals surface area contributed by atoms with Gasteiger partial charge in [0.15, 0.2) is 0 Å². The molecule has 1 atom stereocenters. The summed E-state index contributed by atoms with van der Waals surface area (Å²) in [6.07, 6.45) is 4.86. The van der Waals surface area contributed by atoms with Crippen molar-refractivity contribution in [1.29, 1.82) is 0 Å². The van der Waals surface area contributed by atoms with Gasteiger partial charge >= 0.3 is 5.97 Å². The summed E-state index contributed by atoms with van der Waals surface area (Å²) in [4.78, 5) is 26.1. The van der Waals surface area contributed by atoms with Crippen LogP contribution in [0.15, 0.2) is 54.6 Å². The molecule has 4 rings (SSSR count). The second-order valence-electron chi connectivity index (χ2n) is 8.49. The molecule has 1 unspecified atom stereocenters. The van der Waals surface area contributed by atoms with Crippen molar-refractivity contribution in [2.24, 2.45) is 0 Å². The predicted molar refractivity (Wildman–Crippen MR) is 130 cm³/mol. The van der Waals surface area contributed by atoms with Gasteiger partial charge in [-0.05, 0) is 48.7 Å². The van der Waals surface area contributed by atoms with Gasteiger partial charge in [-0.1, -0.05) is 62.1 Å². The average molecular weight is 466 g/mol. The number of halogens is 1. The summed E-state index contributed by atoms with van der Waals surface area (Å²) in [7, 11) is 0. The number of anilines is 1. The molecule has 0 fully saturated rings. The van der Waals surface area contributed by atoms with Gasteiger partial charge in [0.1, 0.15) is 5.69 Å². The van der Waals surface area contributed by atoms with Crippen LogP contribution in [0.25, 0.3) is 11.3 Å². The number of hydrogen-bond donors (Lipinski definition) is 1. The van der Waals surface area contributed by atoms with Gasteiger partial charge in [-0.15, -0.1) is 0 Å². The van der Waals surface area contributed by atoms with E-state index in [2.05, 4.69) is 6.92 Å². The maximum atomic E-state index is 13.5. The van der Waals surface area contributed by atoms with Gasteiger partial charge in [0.05, 0.1) is 11.7 Å². The van der Waals surface area contributed by atoms with Crippen molar-refractivity contribution in [2.75, 3.05) is 11.4 Å². The summed E-state index contributed by atoms with van der Waals surface area (Å²) in [6, 6.07) is 17.1. The molecule has 0 saturated heterocycles. The number of aliphatic carboxylic acids is 1. The van der Waals surface area contributed by atoms with Gasteiger partial charge in [0.2, 0.25) is 0 Å². The fourth-order valence-electron chi connectivity index (χ4n) is 4.26. The number of hydrogen-bond acceptors (Lipinski definition) is 3. The van der Waals surface area contributed by atoms with E-state index >= 15 is 0 Å². The molecule has 2 heterocycles. The zero-order chi connectivity index (χ0) is 23.4. The Labute approximate surface area is 198 Å². The zero-order valence-electron chi connectivity index (χ0n) is 18.7. The first-order valence-electron chi connectivity index (χ1n) is 11.4. The summed E-state index contributed by atoms with van der Waals surface area (Å²) in [6.45, 7) is 2.74. The van der Waals surface area contributed by atoms with E-state index in [9.17, 15) is 9.59 Å². The van der Waals surface area contributed by atoms with Crippen LogP contribution in [-0.4, -0.2) is 33.3 Å². The minimum atomic E-state index is -0.815. The largest absolute Gasteiger partial charge is 0.481 e. The van der Waals surface area contributed by atoms with Gasteiger partial charge in [-0.2, -0.15) is 5.10 Å². The van der Waals surface area contributed by atoms with Crippen LogP contribution in [0.2, 0.25) is 5.02 Å². The van der Waals surface area contributed by atoms with Gasteiger partial charge in [0.25, 0.3) is 5.91 Å². The third-order valence-electron chi connectivity index (χ3n) is 6.10. The molecule has 33 heavy (non-hydrogen) atoms. The molecule has 0 aliphatic carbocycles. The molecule has 0 bridgehead atoms. The molecule has 172 valence electrons. The molecular weight excluding hydrogens is 438 g/mol. The normalized spacial score (nSPS) is 15.5. The highest BCUT2D eigenvalue weighted by atomic mass is 35.5. The van der Waals surface area contributed by atoms with E-state index in [-0.39, 0.29) is 18.4 Å². The number of carboxylic acids is 1. The number of carbonyl (C=O) groups excluding carboxylic acids is 1. The lowest BCUT2D eigenvalue weighted by molar-refractivity contribution is -0.136. The SMILES string of the molecule is CCCCCC1CN(c2ccc(CCC(=O)O)cc2)C(=O)c2cc(-c3ccc(Cl)cc3)nn21. The zero-order valence-corrected chi connectivity index (χ0v) is 19.5. The van der Waals surface area contributed by atoms with E-state index in [1.165, 1.54) is 0 Å². The van der Waals surface area contributed by atoms with Crippen molar-refractivity contribution in [1.82, 2.24) is 9.78 Å². The van der Waals surface area contributed by atoms with Crippen LogP contribution in [0.1, 0.15) is 61.1 Å². The minimum Gasteiger partial charge on any atom is -0.481 e. The molecule has 7 heteroatoms. The highest BCUT2D eigenvalue weighted by Crippen LogP contribution is 2.32. The van der Waals surface area contributed by atoms with E-state index in [0.29, 0.717) is 23.7 Å². The third kappa shape index (κ3) is 5.28. The number of unbranched alkanes of at least 4 members (excludes halogenated alkanes) is 2. The lowest BCUT2D eigenvalue weighted by atomic mass is 10.0. The molecule has 0 saturated carbocycles. The first-order chi connectivity index (χ1) is 16.0. The molecule has 1 aromatic heterocycles. The number of rotatable bonds is 9. The molecule has 6 nitrogen and oxygen atoms in total. The van der Waals surface area contributed by atoms with E-state index in [1.807, 2.05) is 64.2 Å². The summed E-state index contributed by atoms with van der Waals surface area (Å²) in [5.74, 6) is -0.891. The number of fused-ring (bicyclic) bond motifs is 1. The molecule has 2 aromatic carbocycles. The van der Waals surface area contributed by atoms with Crippen molar-refractivity contribution in [3.05, 3.63) is 70.9 Å². The molecule has 3 aromatic rings. The Morgan fingerprint density at radius 3 is 2.52 bits per heavy atom. The summed E-state index contributed by atoms with van der Waals surface area (Å²) < 4.78 is 1.90. The lowest BCUT2D eigenvalue weighted by Crippen LogP contribution is -2.43. The van der Waals surface area contributed by atoms with E-state index in [1.54, 1.807) is 0 Å². The van der Waals surface area contributed by atoms with E-state index in [4.69, 9.17) is 21.8 Å². The maximum Gasteiger partial charge on any atom is 0.303 e. The molecule has 1 aliphatic rings. The number of aryl methyl sites for hydroxylation is 1. The van der Waals surface area contributed by atoms with Crippen LogP contribution < -0.4 is 4.90 Å². The smallest absolute Gasteiger partial charge is 0.303 e. The van der Waals surface area contributed by atoms with Gasteiger partial charge in [-0.3, -0.25) is 14.3 Å². The number of carbonyl (C=O) groups is 2. The topological polar surface area (TPSA) is 75.4 Å². The van der Waals surface area contributed by atoms with Crippen molar-refractivity contribution >= 4 is 29.2 Å². The molecular formula is C26H28ClN3O3. The number of carboxylic acid groups (broad SMARTS) is 1. The number of aromatic nitrogens is 2. The monoisotopic (exact) mass is 465 g/mol. The summed E-state index contributed by atoms with van der Waals surface area (Å²) >= 11 is 6.04. The third-order valence-corrected chi connectivity index (χ3v) is 6.35. The second kappa shape index (κ2) is 10.2. The molecule has 0 radical (unpaired) electrons. The Kier molecular flexibility index (Phi) is 7.14. The predicted octanol–water partition coefficient (Wildman–Crippen LogP) is 6.00. The summed E-state index contributed by atoms with van der Waals surface area (Å²) in [5, 5.41) is 14.4. The van der Waals surface area contributed by atoms with Crippen molar-refractivity contribution in [3.63, 3.8) is 0 Å². The Bertz CT molecular complexity index is 1120. The van der Waals surface area contributed by atoms with Crippen LogP contribution in [0, 0.1) is 0 Å². The highest BCUT2D eigenvalue weighted by molar-refractivity contribution is 6.30. The number of amides is 1. The second-order valence-corrected chi connectivity index (χ2v) is 8.93. The van der Waals surface area contributed by atoms with Crippen LogP contribution in [0.5, 0.6) is 0 Å². The summed E-state index contributed by atoms with van der Waals surface area (Å²) in [5.41, 5.74) is 4.04. The van der Waals surface area contributed by atoms with Crippen LogP contribution in [0.4, 0.5) is 5.69 Å². The first kappa shape index (κ1) is 23.1. The lowest BCUT2D eigenvalue weighted by Gasteiger charge is -2.33. The van der Waals surface area contributed by atoms with Crippen molar-refractivity contribution in [3.8, 4) is 11.3 Å². The standard InChI is InChI=1S/C26H28ClN3O3/c1-2-3-4-5-22-17-29(21-13-6-18(7-14-21)8-15-25(31)32)26(33)24-16-23(28-30(22)24)19-9-11-20(27)12-10-19/h6-7,9-14,16,22H,2-5,8,15,17H2,1H3,(H,31,32). The first-order valence-corrected chi connectivity index (χ1v) is 11.8. The van der Waals surface area contributed by atoms with Crippen molar-refractivity contribution in [2.45, 2.75) is 51.5 Å². The fourth-order valence-corrected chi connectivity index (χ4v) is 4.39. The van der Waals surface area contributed by atoms with E-state index < -0.39 is 5.97 Å². The number of nitrogens with zero attached hydrogens (tertiary/aromatic N) is 3. The van der Waals surface area contributed by atoms with Gasteiger partial charge in [0, 0.05) is 29.2 Å². The van der Waals surface area contributed by atoms with Crippen molar-refractivity contribution < 1.29 is 14.7 Å². The van der Waals surface area contributed by atoms with Crippen LogP contribution >= 0.6 is 11.6 Å². The Balaban J connectivity index is 1.63. The molecule has 1 aliphatic heterocycles. The average Bonchev–Trinajstić information content (AvgIpc) is 3.26. The Morgan fingerprint density at radius 2 is 1.85 bits per heavy atom. The van der Waals surface area contributed by atoms with Crippen LogP contribution in [-0.2, 0) is 11.2 Å². The van der Waals surface area contributed by atoms with Gasteiger partial charge < -0.3 is 10.0 Å². The minimum absolute atomic E-state index is 0.0762. The maximum absolute atomic E-state index is 13.5. The Morgan fingerprint density at radius 1 is 1.12 bits per heavy atom. The molecule has 0 spiro atoms. The number of benzene rings is 2. The fraction of sp³-hybridized carbons (Fsp3) is 0.346. The highest BCUT2D eigenvalue weighted by Gasteiger charge is 2.33. The van der Waals surface area contributed by atoms with Gasteiger partial charge in [-0.25, -0.2) is 0 Å². The Hall–Kier alpha value is -3.12. The molecule has 1 N–H and O–H groups in total. The van der Waals surface area contributed by atoms with Crippen LogP contribution in [0.3, 0.4) is 0 Å². The molecule has 1 amide bonds. The van der Waals surface area contributed by atoms with E-state index in [0.717, 1.165) is 48.2 Å². The quantitative estimate of drug-likeness (QED) is 0.393.